The van der Waals surface area contributed by atoms with Crippen molar-refractivity contribution < 1.29 is 19.4 Å². The van der Waals surface area contributed by atoms with Crippen LogP contribution in [-0.4, -0.2) is 88.9 Å². The molecule has 0 saturated heterocycles. The Kier molecular flexibility index (Phi) is 11.4. The number of ether oxygens (including phenoxy) is 1. The molecule has 1 aliphatic carbocycles. The maximum Gasteiger partial charge on any atom is 0.326 e. The molecule has 1 aromatic heterocycles. The Morgan fingerprint density at radius 2 is 1.89 bits per heavy atom. The molecule has 3 N–H and O–H groups in total. The second-order valence-electron chi connectivity index (χ2n) is 10.9. The van der Waals surface area contributed by atoms with Gasteiger partial charge in [-0.15, -0.1) is 0 Å². The van der Waals surface area contributed by atoms with E-state index in [0.29, 0.717) is 25.7 Å². The minimum absolute atomic E-state index is 0.00842. The predicted octanol–water partition coefficient (Wildman–Crippen LogP) is 3.92. The highest BCUT2D eigenvalue weighted by Crippen LogP contribution is 2.23. The van der Waals surface area contributed by atoms with Gasteiger partial charge in [-0.3, -0.25) is 0 Å². The third-order valence-electron chi connectivity index (χ3n) is 7.07. The zero-order valence-corrected chi connectivity index (χ0v) is 23.2. The van der Waals surface area contributed by atoms with Gasteiger partial charge in [0.2, 0.25) is 0 Å². The van der Waals surface area contributed by atoms with E-state index >= 15 is 0 Å². The van der Waals surface area contributed by atoms with Crippen molar-refractivity contribution in [1.29, 1.82) is 0 Å². The molecule has 2 amide bonds. The molecule has 1 aliphatic heterocycles. The molecular formula is C28H47N5O4. The number of pyridine rings is 1. The van der Waals surface area contributed by atoms with Crippen LogP contribution in [0.1, 0.15) is 77.5 Å². The molecule has 1 fully saturated rings. The fourth-order valence-electron chi connectivity index (χ4n) is 4.93. The van der Waals surface area contributed by atoms with Crippen LogP contribution in [-0.2, 0) is 22.4 Å². The number of fused-ring (bicyclic) bond motifs is 1. The summed E-state index contributed by atoms with van der Waals surface area (Å²) in [6.45, 7) is 11.6. The number of aliphatic carboxylic acids is 1. The average molecular weight is 518 g/mol. The van der Waals surface area contributed by atoms with Crippen molar-refractivity contribution in [3.05, 3.63) is 23.4 Å². The fraction of sp³-hybridized carbons (Fsp3) is 0.750. The summed E-state index contributed by atoms with van der Waals surface area (Å²) in [6, 6.07) is 3.08. The first kappa shape index (κ1) is 29.2. The number of carbonyl (C=O) groups is 2. The number of nitrogens with one attached hydrogen (secondary N) is 2. The molecule has 0 bridgehead atoms. The Balaban J connectivity index is 1.49. The van der Waals surface area contributed by atoms with Gasteiger partial charge in [0.25, 0.3) is 0 Å². The second kappa shape index (κ2) is 14.5. The zero-order valence-electron chi connectivity index (χ0n) is 23.2. The van der Waals surface area contributed by atoms with Crippen LogP contribution in [0.5, 0.6) is 0 Å². The third kappa shape index (κ3) is 9.78. The number of carboxylic acid groups (broad SMARTS) is 1. The molecule has 3 rings (SSSR count). The van der Waals surface area contributed by atoms with E-state index in [2.05, 4.69) is 27.7 Å². The molecule has 0 aromatic carbocycles. The second-order valence-corrected chi connectivity index (χ2v) is 10.9. The number of carbonyl (C=O) groups excluding carboxylic acids is 1. The number of amides is 2. The van der Waals surface area contributed by atoms with E-state index in [1.165, 1.54) is 5.56 Å². The van der Waals surface area contributed by atoms with Gasteiger partial charge in [0.15, 0.2) is 0 Å². The summed E-state index contributed by atoms with van der Waals surface area (Å²) in [6.07, 6.45) is 8.22. The molecule has 2 aliphatic rings. The monoisotopic (exact) mass is 517 g/mol. The van der Waals surface area contributed by atoms with Gasteiger partial charge in [0.05, 0.1) is 12.7 Å². The molecule has 208 valence electrons. The average Bonchev–Trinajstić information content (AvgIpc) is 3.67. The summed E-state index contributed by atoms with van der Waals surface area (Å²) >= 11 is 0. The summed E-state index contributed by atoms with van der Waals surface area (Å²) in [5.74, 6) is 0.0416. The topological polar surface area (TPSA) is 107 Å². The molecule has 1 aromatic rings. The molecule has 2 heterocycles. The Morgan fingerprint density at radius 3 is 2.57 bits per heavy atom. The van der Waals surface area contributed by atoms with Crippen LogP contribution in [0.2, 0.25) is 0 Å². The van der Waals surface area contributed by atoms with Gasteiger partial charge in [-0.2, -0.15) is 0 Å². The van der Waals surface area contributed by atoms with Crippen LogP contribution in [0.25, 0.3) is 0 Å². The molecule has 9 nitrogen and oxygen atoms in total. The minimum atomic E-state index is -0.998. The number of urea groups is 1. The van der Waals surface area contributed by atoms with Crippen molar-refractivity contribution >= 4 is 17.8 Å². The number of rotatable bonds is 16. The van der Waals surface area contributed by atoms with Gasteiger partial charge in [-0.25, -0.2) is 14.6 Å². The van der Waals surface area contributed by atoms with Crippen LogP contribution < -0.4 is 10.6 Å². The van der Waals surface area contributed by atoms with Gasteiger partial charge in [0, 0.05) is 37.4 Å². The molecule has 37 heavy (non-hydrogen) atoms. The summed E-state index contributed by atoms with van der Waals surface area (Å²) in [5, 5.41) is 15.9. The molecule has 1 atom stereocenters. The minimum Gasteiger partial charge on any atom is -0.480 e. The maximum atomic E-state index is 12.8. The summed E-state index contributed by atoms with van der Waals surface area (Å²) in [7, 11) is 0. The van der Waals surface area contributed by atoms with Crippen LogP contribution >= 0.6 is 0 Å². The van der Waals surface area contributed by atoms with Crippen molar-refractivity contribution in [2.75, 3.05) is 38.1 Å². The molecule has 1 saturated carbocycles. The molecule has 9 heteroatoms. The number of unbranched alkanes of at least 4 members (excludes halogenated alkanes) is 1. The van der Waals surface area contributed by atoms with E-state index in [4.69, 9.17) is 9.72 Å². The molecule has 0 unspecified atom stereocenters. The number of nitrogens with zero attached hydrogens (tertiary/aromatic N) is 3. The van der Waals surface area contributed by atoms with E-state index in [9.17, 15) is 14.7 Å². The highest BCUT2D eigenvalue weighted by Gasteiger charge is 2.27. The zero-order chi connectivity index (χ0) is 26.8. The first-order valence-corrected chi connectivity index (χ1v) is 14.1. The largest absolute Gasteiger partial charge is 0.480 e. The number of hydrogen-bond donors (Lipinski definition) is 3. The van der Waals surface area contributed by atoms with E-state index in [1.54, 1.807) is 4.90 Å². The Labute approximate surface area is 222 Å². The molecular weight excluding hydrogens is 470 g/mol. The van der Waals surface area contributed by atoms with Crippen LogP contribution in [0.4, 0.5) is 10.6 Å². The smallest absolute Gasteiger partial charge is 0.326 e. The fourth-order valence-corrected chi connectivity index (χ4v) is 4.93. The Bertz CT molecular complexity index is 866. The van der Waals surface area contributed by atoms with Crippen molar-refractivity contribution in [2.24, 2.45) is 0 Å². The maximum absolute atomic E-state index is 12.8. The lowest BCUT2D eigenvalue weighted by atomic mass is 10.1. The van der Waals surface area contributed by atoms with Crippen molar-refractivity contribution in [2.45, 2.75) is 103 Å². The lowest BCUT2D eigenvalue weighted by molar-refractivity contribution is -0.139. The van der Waals surface area contributed by atoms with E-state index < -0.39 is 12.0 Å². The number of aryl methyl sites for hydroxylation is 2. The van der Waals surface area contributed by atoms with E-state index in [1.807, 2.05) is 27.7 Å². The Hall–Kier alpha value is -2.39. The van der Waals surface area contributed by atoms with E-state index in [0.717, 1.165) is 76.1 Å². The van der Waals surface area contributed by atoms with Gasteiger partial charge in [0.1, 0.15) is 11.9 Å². The molecule has 0 radical (unpaired) electrons. The van der Waals surface area contributed by atoms with Gasteiger partial charge in [-0.05, 0) is 97.2 Å². The highest BCUT2D eigenvalue weighted by molar-refractivity contribution is 5.82. The highest BCUT2D eigenvalue weighted by atomic mass is 16.5. The lowest BCUT2D eigenvalue weighted by Crippen LogP contribution is -2.53. The predicted molar refractivity (Wildman–Crippen MR) is 146 cm³/mol. The first-order valence-electron chi connectivity index (χ1n) is 14.1. The van der Waals surface area contributed by atoms with Crippen LogP contribution in [0, 0.1) is 0 Å². The summed E-state index contributed by atoms with van der Waals surface area (Å²) in [5.41, 5.74) is 2.42. The number of aromatic nitrogens is 1. The number of hydrogen-bond acceptors (Lipinski definition) is 6. The normalized spacial score (nSPS) is 16.0. The van der Waals surface area contributed by atoms with Crippen LogP contribution in [0.15, 0.2) is 12.1 Å². The number of anilines is 1. The summed E-state index contributed by atoms with van der Waals surface area (Å²) in [4.78, 5) is 33.5. The van der Waals surface area contributed by atoms with Crippen molar-refractivity contribution in [3.8, 4) is 0 Å². The quantitative estimate of drug-likeness (QED) is 0.285. The first-order chi connectivity index (χ1) is 17.7. The van der Waals surface area contributed by atoms with Gasteiger partial charge >= 0.3 is 12.0 Å². The Morgan fingerprint density at radius 1 is 1.14 bits per heavy atom. The van der Waals surface area contributed by atoms with Crippen molar-refractivity contribution in [3.63, 3.8) is 0 Å². The summed E-state index contributed by atoms with van der Waals surface area (Å²) < 4.78 is 5.86. The third-order valence-corrected chi connectivity index (χ3v) is 7.07. The van der Waals surface area contributed by atoms with Crippen molar-refractivity contribution in [1.82, 2.24) is 20.1 Å². The van der Waals surface area contributed by atoms with Crippen LogP contribution in [0.3, 0.4) is 0 Å². The van der Waals surface area contributed by atoms with Gasteiger partial charge in [-0.1, -0.05) is 6.07 Å². The SMILES string of the molecule is CC(C)N(C(=O)N[C@@H](CCN(CCCCc1ccc2c(n1)NCCC2)CCOC1CC1)C(=O)O)C(C)C. The number of carboxylic acids is 1. The van der Waals surface area contributed by atoms with E-state index in [-0.39, 0.29) is 18.1 Å². The lowest BCUT2D eigenvalue weighted by Gasteiger charge is -2.32. The molecule has 0 spiro atoms. The van der Waals surface area contributed by atoms with Gasteiger partial charge < -0.3 is 30.3 Å². The standard InChI is InChI=1S/C28H47N5O4/c1-20(2)33(21(3)4)28(36)31-25(27(34)35)14-17-32(18-19-37-24-12-13-24)16-6-5-9-23-11-10-22-8-7-15-29-26(22)30-23/h10-11,20-21,24-25H,5-9,12-19H2,1-4H3,(H,29,30)(H,31,36)(H,34,35)/t25-/m0/s1.